The number of hydrogen-bond acceptors (Lipinski definition) is 3. The van der Waals surface area contributed by atoms with Gasteiger partial charge in [-0.05, 0) is 55.2 Å². The summed E-state index contributed by atoms with van der Waals surface area (Å²) in [6.07, 6.45) is 5.50. The Labute approximate surface area is 148 Å². The van der Waals surface area contributed by atoms with Crippen LogP contribution in [0.4, 0.5) is 0 Å². The van der Waals surface area contributed by atoms with Crippen LogP contribution in [0.15, 0.2) is 29.8 Å². The molecule has 0 aliphatic rings. The highest BCUT2D eigenvalue weighted by molar-refractivity contribution is 7.13. The molecule has 0 aliphatic heterocycles. The van der Waals surface area contributed by atoms with E-state index in [1.807, 2.05) is 6.20 Å². The second kappa shape index (κ2) is 6.67. The number of nitrogens with zero attached hydrogens (tertiary/aromatic N) is 3. The summed E-state index contributed by atoms with van der Waals surface area (Å²) in [6.45, 7) is 11.3. The number of fused-ring (bicyclic) bond motifs is 1. The Morgan fingerprint density at radius 3 is 2.67 bits per heavy atom. The van der Waals surface area contributed by atoms with Gasteiger partial charge >= 0.3 is 0 Å². The Bertz CT molecular complexity index is 817. The van der Waals surface area contributed by atoms with E-state index in [1.54, 1.807) is 11.3 Å². The van der Waals surface area contributed by atoms with Gasteiger partial charge in [-0.1, -0.05) is 33.3 Å². The Morgan fingerprint density at radius 2 is 2.08 bits per heavy atom. The molecule has 0 radical (unpaired) electrons. The van der Waals surface area contributed by atoms with E-state index < -0.39 is 0 Å². The van der Waals surface area contributed by atoms with E-state index in [-0.39, 0.29) is 5.41 Å². The third-order valence-corrected chi connectivity index (χ3v) is 5.95. The van der Waals surface area contributed by atoms with Crippen LogP contribution in [0.3, 0.4) is 0 Å². The maximum atomic E-state index is 4.98. The summed E-state index contributed by atoms with van der Waals surface area (Å²) in [4.78, 5) is 6.20. The van der Waals surface area contributed by atoms with Gasteiger partial charge in [-0.2, -0.15) is 5.10 Å². The molecule has 0 amide bonds. The summed E-state index contributed by atoms with van der Waals surface area (Å²) in [7, 11) is 0. The largest absolute Gasteiger partial charge is 0.245 e. The van der Waals surface area contributed by atoms with Crippen molar-refractivity contribution in [1.29, 1.82) is 0 Å². The molecule has 3 aromatic heterocycles. The van der Waals surface area contributed by atoms with Crippen LogP contribution in [0.2, 0.25) is 0 Å². The maximum absolute atomic E-state index is 4.98. The fourth-order valence-corrected chi connectivity index (χ4v) is 4.19. The summed E-state index contributed by atoms with van der Waals surface area (Å²) in [6, 6.07) is 6.86. The minimum absolute atomic E-state index is 0.160. The smallest absolute Gasteiger partial charge is 0.158 e. The third-order valence-electron chi connectivity index (χ3n) is 5.06. The molecule has 0 aromatic carbocycles. The molecule has 1 unspecified atom stereocenters. The zero-order valence-electron chi connectivity index (χ0n) is 15.3. The van der Waals surface area contributed by atoms with Crippen molar-refractivity contribution in [3.05, 3.63) is 35.3 Å². The summed E-state index contributed by atoms with van der Waals surface area (Å²) in [5.41, 5.74) is 3.65. The van der Waals surface area contributed by atoms with Gasteiger partial charge in [0.1, 0.15) is 0 Å². The standard InChI is InChI=1S/C20H27N3S/c1-6-10-20(5,7-2)16-12-17(18-9-8-11-24-18)22-19-15(16)13-21-23(19)14(3)4/h8-9,11-14H,6-7,10H2,1-5H3. The average Bonchev–Trinajstić information content (AvgIpc) is 3.23. The monoisotopic (exact) mass is 341 g/mol. The van der Waals surface area contributed by atoms with Gasteiger partial charge in [-0.3, -0.25) is 0 Å². The van der Waals surface area contributed by atoms with Crippen LogP contribution in [-0.2, 0) is 5.41 Å². The lowest BCUT2D eigenvalue weighted by Gasteiger charge is -2.29. The Hall–Kier alpha value is -1.68. The number of rotatable bonds is 6. The van der Waals surface area contributed by atoms with Crippen molar-refractivity contribution in [2.75, 3.05) is 0 Å². The SMILES string of the molecule is CCCC(C)(CC)c1cc(-c2cccs2)nc2c1cnn2C(C)C. The van der Waals surface area contributed by atoms with E-state index in [0.717, 1.165) is 17.8 Å². The van der Waals surface area contributed by atoms with Gasteiger partial charge in [-0.15, -0.1) is 11.3 Å². The summed E-state index contributed by atoms with van der Waals surface area (Å²) >= 11 is 1.75. The first-order valence-corrected chi connectivity index (χ1v) is 9.80. The van der Waals surface area contributed by atoms with E-state index in [4.69, 9.17) is 4.98 Å². The lowest BCUT2D eigenvalue weighted by atomic mass is 9.75. The molecule has 3 nitrogen and oxygen atoms in total. The van der Waals surface area contributed by atoms with Gasteiger partial charge in [0.25, 0.3) is 0 Å². The maximum Gasteiger partial charge on any atom is 0.158 e. The predicted octanol–water partition coefficient (Wildman–Crippen LogP) is 6.21. The van der Waals surface area contributed by atoms with Crippen molar-refractivity contribution in [3.8, 4) is 10.6 Å². The van der Waals surface area contributed by atoms with Crippen molar-refractivity contribution < 1.29 is 0 Å². The molecule has 0 spiro atoms. The van der Waals surface area contributed by atoms with Gasteiger partial charge in [0.2, 0.25) is 0 Å². The fourth-order valence-electron chi connectivity index (χ4n) is 3.50. The molecule has 0 N–H and O–H groups in total. The van der Waals surface area contributed by atoms with Crippen LogP contribution in [0.5, 0.6) is 0 Å². The van der Waals surface area contributed by atoms with Crippen LogP contribution >= 0.6 is 11.3 Å². The normalized spacial score (nSPS) is 14.4. The highest BCUT2D eigenvalue weighted by atomic mass is 32.1. The van der Waals surface area contributed by atoms with Crippen molar-refractivity contribution >= 4 is 22.4 Å². The van der Waals surface area contributed by atoms with Crippen molar-refractivity contribution in [3.63, 3.8) is 0 Å². The van der Waals surface area contributed by atoms with Gasteiger partial charge < -0.3 is 0 Å². The van der Waals surface area contributed by atoms with E-state index in [0.29, 0.717) is 6.04 Å². The molecule has 3 aromatic rings. The number of hydrogen-bond donors (Lipinski definition) is 0. The molecule has 24 heavy (non-hydrogen) atoms. The summed E-state index contributed by atoms with van der Waals surface area (Å²) < 4.78 is 2.05. The third kappa shape index (κ3) is 2.88. The molecule has 0 saturated heterocycles. The molecule has 0 aliphatic carbocycles. The molecule has 0 bridgehead atoms. The molecule has 0 saturated carbocycles. The minimum Gasteiger partial charge on any atom is -0.245 e. The molecule has 0 fully saturated rings. The van der Waals surface area contributed by atoms with E-state index in [9.17, 15) is 0 Å². The first-order valence-electron chi connectivity index (χ1n) is 8.92. The summed E-state index contributed by atoms with van der Waals surface area (Å²) in [5, 5.41) is 7.97. The van der Waals surface area contributed by atoms with Gasteiger partial charge in [0.15, 0.2) is 5.65 Å². The molecule has 1 atom stereocenters. The van der Waals surface area contributed by atoms with Crippen LogP contribution < -0.4 is 0 Å². The Kier molecular flexibility index (Phi) is 4.77. The van der Waals surface area contributed by atoms with Crippen molar-refractivity contribution in [2.45, 2.75) is 65.3 Å². The van der Waals surface area contributed by atoms with Gasteiger partial charge in [0, 0.05) is 11.4 Å². The summed E-state index contributed by atoms with van der Waals surface area (Å²) in [5.74, 6) is 0. The second-order valence-corrected chi connectivity index (χ2v) is 8.06. The van der Waals surface area contributed by atoms with Gasteiger partial charge in [-0.25, -0.2) is 9.67 Å². The van der Waals surface area contributed by atoms with E-state index in [2.05, 4.69) is 68.0 Å². The molecule has 3 rings (SSSR count). The fraction of sp³-hybridized carbons (Fsp3) is 0.500. The van der Waals surface area contributed by atoms with Crippen LogP contribution in [0, 0.1) is 0 Å². The van der Waals surface area contributed by atoms with Gasteiger partial charge in [0.05, 0.1) is 16.8 Å². The first kappa shape index (κ1) is 17.2. The number of thiophene rings is 1. The first-order chi connectivity index (χ1) is 11.5. The minimum atomic E-state index is 0.160. The van der Waals surface area contributed by atoms with Crippen LogP contribution in [0.25, 0.3) is 21.6 Å². The molecular formula is C20H27N3S. The van der Waals surface area contributed by atoms with Crippen molar-refractivity contribution in [1.82, 2.24) is 14.8 Å². The van der Waals surface area contributed by atoms with E-state index >= 15 is 0 Å². The van der Waals surface area contributed by atoms with Crippen LogP contribution in [-0.4, -0.2) is 14.8 Å². The lowest BCUT2D eigenvalue weighted by Crippen LogP contribution is -2.21. The molecule has 128 valence electrons. The highest BCUT2D eigenvalue weighted by Crippen LogP contribution is 2.39. The highest BCUT2D eigenvalue weighted by Gasteiger charge is 2.28. The van der Waals surface area contributed by atoms with Crippen molar-refractivity contribution in [2.24, 2.45) is 0 Å². The molecule has 3 heterocycles. The predicted molar refractivity (Wildman–Crippen MR) is 104 cm³/mol. The number of pyridine rings is 1. The van der Waals surface area contributed by atoms with E-state index in [1.165, 1.54) is 28.7 Å². The van der Waals surface area contributed by atoms with Crippen LogP contribution in [0.1, 0.15) is 65.5 Å². The Balaban J connectivity index is 2.30. The lowest BCUT2D eigenvalue weighted by molar-refractivity contribution is 0.417. The zero-order chi connectivity index (χ0) is 17.3. The molecular weight excluding hydrogens is 314 g/mol. The number of aromatic nitrogens is 3. The molecule has 4 heteroatoms. The quantitative estimate of drug-likeness (QED) is 0.533. The topological polar surface area (TPSA) is 30.7 Å². The average molecular weight is 342 g/mol. The zero-order valence-corrected chi connectivity index (χ0v) is 16.2. The second-order valence-electron chi connectivity index (χ2n) is 7.12. The Morgan fingerprint density at radius 1 is 1.29 bits per heavy atom.